The number of ether oxygens (including phenoxy) is 2. The number of benzene rings is 3. The van der Waals surface area contributed by atoms with Gasteiger partial charge in [0, 0.05) is 5.56 Å². The Morgan fingerprint density at radius 2 is 1.94 bits per heavy atom. The number of anilines is 1. The van der Waals surface area contributed by atoms with Crippen molar-refractivity contribution in [1.29, 1.82) is 5.26 Å². The summed E-state index contributed by atoms with van der Waals surface area (Å²) < 4.78 is 12.8. The van der Waals surface area contributed by atoms with Crippen LogP contribution in [-0.2, 0) is 11.4 Å². The predicted octanol–water partition coefficient (Wildman–Crippen LogP) is 7.46. The summed E-state index contributed by atoms with van der Waals surface area (Å²) in [6, 6.07) is 18.1. The lowest BCUT2D eigenvalue weighted by Gasteiger charge is -2.15. The molecule has 176 valence electrons. The molecule has 3 aromatic carbocycles. The van der Waals surface area contributed by atoms with Crippen LogP contribution in [0.4, 0.5) is 5.69 Å². The molecule has 1 saturated heterocycles. The first kappa shape index (κ1) is 25.8. The molecule has 0 unspecified atom stereocenters. The highest BCUT2D eigenvalue weighted by Crippen LogP contribution is 2.40. The van der Waals surface area contributed by atoms with E-state index in [2.05, 4.69) is 28.7 Å². The molecule has 0 aromatic heterocycles. The molecule has 0 bridgehead atoms. The van der Waals surface area contributed by atoms with Gasteiger partial charge in [0.05, 0.1) is 43.0 Å². The molecule has 1 amide bonds. The van der Waals surface area contributed by atoms with Crippen molar-refractivity contribution in [2.45, 2.75) is 6.61 Å². The molecule has 3 aromatic rings. The van der Waals surface area contributed by atoms with Gasteiger partial charge in [-0.25, -0.2) is 0 Å². The fourth-order valence-corrected chi connectivity index (χ4v) is 5.71. The van der Waals surface area contributed by atoms with Gasteiger partial charge in [-0.3, -0.25) is 9.69 Å². The average molecular weight is 653 g/mol. The van der Waals surface area contributed by atoms with Crippen molar-refractivity contribution in [3.8, 4) is 17.6 Å². The Morgan fingerprint density at radius 3 is 2.66 bits per heavy atom. The molecular weight excluding hydrogens is 638 g/mol. The largest absolute Gasteiger partial charge is 0.493 e. The summed E-state index contributed by atoms with van der Waals surface area (Å²) in [4.78, 5) is 15.0. The van der Waals surface area contributed by atoms with Crippen molar-refractivity contribution in [3.63, 3.8) is 0 Å². The number of rotatable bonds is 6. The number of nitrogens with zero attached hydrogens (tertiary/aromatic N) is 2. The van der Waals surface area contributed by atoms with Crippen molar-refractivity contribution in [1.82, 2.24) is 0 Å². The maximum Gasteiger partial charge on any atom is 0.270 e. The third kappa shape index (κ3) is 5.60. The van der Waals surface area contributed by atoms with Gasteiger partial charge in [-0.05, 0) is 70.6 Å². The number of carbonyl (C=O) groups excluding carboxylic acids is 1. The van der Waals surface area contributed by atoms with Crippen LogP contribution in [0.3, 0.4) is 0 Å². The summed E-state index contributed by atoms with van der Waals surface area (Å²) in [5.41, 5.74) is 2.65. The summed E-state index contributed by atoms with van der Waals surface area (Å²) in [5, 5.41) is 10.0. The van der Waals surface area contributed by atoms with Crippen LogP contribution in [0.2, 0.25) is 10.0 Å². The summed E-state index contributed by atoms with van der Waals surface area (Å²) in [7, 11) is 1.55. The van der Waals surface area contributed by atoms with E-state index in [0.717, 1.165) is 14.7 Å². The van der Waals surface area contributed by atoms with Crippen molar-refractivity contribution in [3.05, 3.63) is 89.8 Å². The first-order chi connectivity index (χ1) is 16.8. The molecule has 10 heteroatoms. The quantitative estimate of drug-likeness (QED) is 0.156. The zero-order chi connectivity index (χ0) is 25.1. The Kier molecular flexibility index (Phi) is 8.24. The summed E-state index contributed by atoms with van der Waals surface area (Å²) in [5.74, 6) is 0.819. The summed E-state index contributed by atoms with van der Waals surface area (Å²) in [6.07, 6.45) is 1.76. The third-order valence-electron chi connectivity index (χ3n) is 5.01. The molecule has 0 atom stereocenters. The zero-order valence-corrected chi connectivity index (χ0v) is 23.4. The molecule has 0 spiro atoms. The number of thiocarbonyl (C=S) groups is 1. The Balaban J connectivity index is 1.60. The van der Waals surface area contributed by atoms with Gasteiger partial charge in [0.2, 0.25) is 0 Å². The Morgan fingerprint density at radius 1 is 1.17 bits per heavy atom. The number of amides is 1. The van der Waals surface area contributed by atoms with Crippen LogP contribution in [0.1, 0.15) is 16.7 Å². The smallest absolute Gasteiger partial charge is 0.270 e. The van der Waals surface area contributed by atoms with Crippen LogP contribution in [-0.4, -0.2) is 17.3 Å². The molecule has 1 fully saturated rings. The zero-order valence-electron chi connectivity index (χ0n) is 18.1. The predicted molar refractivity (Wildman–Crippen MR) is 153 cm³/mol. The molecule has 1 aliphatic heterocycles. The Bertz CT molecular complexity index is 1420. The SMILES string of the molecule is COc1cc(/C=C2\SC(=S)N(c3ccc(Cl)c(Cl)c3)C2=O)cc(I)c1OCc1ccccc1C#N. The van der Waals surface area contributed by atoms with Crippen LogP contribution in [0, 0.1) is 14.9 Å². The van der Waals surface area contributed by atoms with Crippen LogP contribution >= 0.6 is 69.8 Å². The minimum absolute atomic E-state index is 0.220. The van der Waals surface area contributed by atoms with E-state index in [1.54, 1.807) is 43.5 Å². The Labute approximate surface area is 235 Å². The lowest BCUT2D eigenvalue weighted by molar-refractivity contribution is -0.113. The molecule has 0 N–H and O–H groups in total. The van der Waals surface area contributed by atoms with E-state index in [0.29, 0.717) is 42.0 Å². The molecule has 0 saturated carbocycles. The maximum atomic E-state index is 13.1. The van der Waals surface area contributed by atoms with Crippen molar-refractivity contribution in [2.75, 3.05) is 12.0 Å². The number of thioether (sulfide) groups is 1. The average Bonchev–Trinajstić information content (AvgIpc) is 3.12. The highest BCUT2D eigenvalue weighted by Gasteiger charge is 2.33. The van der Waals surface area contributed by atoms with Crippen LogP contribution < -0.4 is 14.4 Å². The van der Waals surface area contributed by atoms with E-state index in [9.17, 15) is 10.1 Å². The molecule has 5 nitrogen and oxygen atoms in total. The van der Waals surface area contributed by atoms with Crippen molar-refractivity contribution >= 4 is 91.8 Å². The molecular formula is C25H15Cl2IN2O3S2. The third-order valence-corrected chi connectivity index (χ3v) is 7.86. The van der Waals surface area contributed by atoms with E-state index in [1.165, 1.54) is 16.7 Å². The standard InChI is InChI=1S/C25H15Cl2IN2O3S2/c1-32-21-9-14(8-20(28)23(21)33-13-16-5-3-2-4-15(16)12-29)10-22-24(31)30(25(34)35-22)17-6-7-18(26)19(27)11-17/h2-11H,13H2,1H3/b22-10-. The first-order valence-corrected chi connectivity index (χ1v) is 13.1. The topological polar surface area (TPSA) is 62.6 Å². The first-order valence-electron chi connectivity index (χ1n) is 10.0. The number of methoxy groups -OCH3 is 1. The van der Waals surface area contributed by atoms with E-state index in [4.69, 9.17) is 44.9 Å². The van der Waals surface area contributed by atoms with Gasteiger partial charge in [-0.2, -0.15) is 5.26 Å². The van der Waals surface area contributed by atoms with Gasteiger partial charge in [0.15, 0.2) is 15.8 Å². The molecule has 4 rings (SSSR count). The molecule has 0 radical (unpaired) electrons. The minimum Gasteiger partial charge on any atom is -0.493 e. The number of hydrogen-bond donors (Lipinski definition) is 0. The monoisotopic (exact) mass is 652 g/mol. The summed E-state index contributed by atoms with van der Waals surface area (Å²) in [6.45, 7) is 0.220. The van der Waals surface area contributed by atoms with Crippen molar-refractivity contribution < 1.29 is 14.3 Å². The fraction of sp³-hybridized carbons (Fsp3) is 0.0800. The van der Waals surface area contributed by atoms with Gasteiger partial charge in [-0.1, -0.05) is 65.4 Å². The van der Waals surface area contributed by atoms with Gasteiger partial charge in [-0.15, -0.1) is 0 Å². The van der Waals surface area contributed by atoms with Crippen LogP contribution in [0.25, 0.3) is 6.08 Å². The van der Waals surface area contributed by atoms with Gasteiger partial charge >= 0.3 is 0 Å². The van der Waals surface area contributed by atoms with E-state index < -0.39 is 0 Å². The lowest BCUT2D eigenvalue weighted by Crippen LogP contribution is -2.27. The Hall–Kier alpha value is -2.29. The van der Waals surface area contributed by atoms with E-state index in [1.807, 2.05) is 24.3 Å². The molecule has 0 aliphatic carbocycles. The van der Waals surface area contributed by atoms with Gasteiger partial charge in [0.1, 0.15) is 6.61 Å². The van der Waals surface area contributed by atoms with Crippen molar-refractivity contribution in [2.24, 2.45) is 0 Å². The second kappa shape index (κ2) is 11.2. The molecule has 35 heavy (non-hydrogen) atoms. The van der Waals surface area contributed by atoms with E-state index in [-0.39, 0.29) is 12.5 Å². The maximum absolute atomic E-state index is 13.1. The summed E-state index contributed by atoms with van der Waals surface area (Å²) >= 11 is 20.9. The van der Waals surface area contributed by atoms with Gasteiger partial charge in [0.25, 0.3) is 5.91 Å². The molecule has 1 aliphatic rings. The highest BCUT2D eigenvalue weighted by molar-refractivity contribution is 14.1. The second-order valence-corrected chi connectivity index (χ2v) is 10.9. The lowest BCUT2D eigenvalue weighted by atomic mass is 10.1. The number of carbonyl (C=O) groups is 1. The molecule has 1 heterocycles. The number of nitriles is 1. The van der Waals surface area contributed by atoms with Crippen LogP contribution in [0.5, 0.6) is 11.5 Å². The van der Waals surface area contributed by atoms with E-state index >= 15 is 0 Å². The number of hydrogen-bond acceptors (Lipinski definition) is 6. The normalized spacial score (nSPS) is 14.4. The second-order valence-electron chi connectivity index (χ2n) is 7.21. The minimum atomic E-state index is -0.249. The fourth-order valence-electron chi connectivity index (χ4n) is 3.33. The number of halogens is 3. The highest BCUT2D eigenvalue weighted by atomic mass is 127. The van der Waals surface area contributed by atoms with Crippen LogP contribution in [0.15, 0.2) is 59.5 Å². The van der Waals surface area contributed by atoms with Gasteiger partial charge < -0.3 is 9.47 Å².